The number of morpholine rings is 1. The number of nitrogen functional groups attached to an aromatic ring is 1. The number of hydrogen-bond donors (Lipinski definition) is 3. The molecular weight excluding hydrogens is 356 g/mol. The van der Waals surface area contributed by atoms with Crippen molar-refractivity contribution in [1.29, 1.82) is 0 Å². The van der Waals surface area contributed by atoms with Gasteiger partial charge in [-0.3, -0.25) is 4.90 Å². The zero-order valence-electron chi connectivity index (χ0n) is 14.7. The molecule has 1 aliphatic heterocycles. The summed E-state index contributed by atoms with van der Waals surface area (Å²) in [5.74, 6) is 1.74. The van der Waals surface area contributed by atoms with Crippen LogP contribution >= 0.6 is 11.6 Å². The Kier molecular flexibility index (Phi) is 6.32. The zero-order valence-corrected chi connectivity index (χ0v) is 15.4. The van der Waals surface area contributed by atoms with Gasteiger partial charge in [0.05, 0.1) is 26.0 Å². The summed E-state index contributed by atoms with van der Waals surface area (Å²) in [6.45, 7) is 5.10. The Morgan fingerprint density at radius 1 is 1.27 bits per heavy atom. The van der Waals surface area contributed by atoms with E-state index in [0.29, 0.717) is 33.8 Å². The number of benzene rings is 1. The molecule has 1 aliphatic rings. The summed E-state index contributed by atoms with van der Waals surface area (Å²) in [5, 5.41) is 7.02. The highest BCUT2D eigenvalue weighted by Gasteiger charge is 2.13. The molecule has 2 heterocycles. The van der Waals surface area contributed by atoms with Crippen LogP contribution in [0.15, 0.2) is 24.5 Å². The molecule has 8 nitrogen and oxygen atoms in total. The number of anilines is 4. The number of nitrogens with two attached hydrogens (primary N) is 1. The van der Waals surface area contributed by atoms with Crippen molar-refractivity contribution in [3.63, 3.8) is 0 Å². The van der Waals surface area contributed by atoms with Crippen molar-refractivity contribution >= 4 is 34.6 Å². The maximum Gasteiger partial charge on any atom is 0.159 e. The molecule has 9 heteroatoms. The summed E-state index contributed by atoms with van der Waals surface area (Å²) < 4.78 is 10.7. The minimum Gasteiger partial charge on any atom is -0.495 e. The van der Waals surface area contributed by atoms with Crippen LogP contribution in [0.1, 0.15) is 0 Å². The topological polar surface area (TPSA) is 97.6 Å². The quantitative estimate of drug-likeness (QED) is 0.674. The first-order chi connectivity index (χ1) is 12.7. The molecule has 0 bridgehead atoms. The molecule has 1 aromatic carbocycles. The second-order valence-electron chi connectivity index (χ2n) is 5.83. The second kappa shape index (κ2) is 8.88. The molecule has 3 rings (SSSR count). The number of nitrogens with one attached hydrogen (secondary N) is 2. The van der Waals surface area contributed by atoms with Crippen LogP contribution < -0.4 is 21.1 Å². The molecule has 0 unspecified atom stereocenters. The maximum absolute atomic E-state index is 6.22. The van der Waals surface area contributed by atoms with E-state index in [1.807, 2.05) is 0 Å². The third kappa shape index (κ3) is 4.66. The largest absolute Gasteiger partial charge is 0.495 e. The molecule has 0 saturated carbocycles. The number of halogens is 1. The average molecular weight is 379 g/mol. The van der Waals surface area contributed by atoms with Crippen LogP contribution in [0.5, 0.6) is 5.75 Å². The highest BCUT2D eigenvalue weighted by Crippen LogP contribution is 2.32. The van der Waals surface area contributed by atoms with Crippen LogP contribution in [0.25, 0.3) is 0 Å². The third-order valence-corrected chi connectivity index (χ3v) is 4.36. The number of rotatable bonds is 7. The van der Waals surface area contributed by atoms with E-state index >= 15 is 0 Å². The van der Waals surface area contributed by atoms with Crippen LogP contribution in [-0.4, -0.2) is 61.4 Å². The molecule has 1 saturated heterocycles. The maximum atomic E-state index is 6.22. The molecule has 1 fully saturated rings. The Bertz CT molecular complexity index is 739. The van der Waals surface area contributed by atoms with Gasteiger partial charge in [0.25, 0.3) is 0 Å². The Morgan fingerprint density at radius 2 is 2.04 bits per heavy atom. The van der Waals surface area contributed by atoms with E-state index < -0.39 is 0 Å². The van der Waals surface area contributed by atoms with Crippen molar-refractivity contribution in [2.75, 3.05) is 62.9 Å². The molecule has 0 amide bonds. The van der Waals surface area contributed by atoms with Crippen molar-refractivity contribution < 1.29 is 9.47 Å². The van der Waals surface area contributed by atoms with Gasteiger partial charge in [-0.1, -0.05) is 11.6 Å². The number of hydrogen-bond acceptors (Lipinski definition) is 8. The van der Waals surface area contributed by atoms with Gasteiger partial charge < -0.3 is 25.8 Å². The van der Waals surface area contributed by atoms with Crippen molar-refractivity contribution in [1.82, 2.24) is 14.9 Å². The van der Waals surface area contributed by atoms with E-state index in [4.69, 9.17) is 26.8 Å². The summed E-state index contributed by atoms with van der Waals surface area (Å²) >= 11 is 6.07. The summed E-state index contributed by atoms with van der Waals surface area (Å²) in [6.07, 6.45) is 1.47. The highest BCUT2D eigenvalue weighted by atomic mass is 35.5. The predicted molar refractivity (Wildman–Crippen MR) is 103 cm³/mol. The van der Waals surface area contributed by atoms with Gasteiger partial charge in [0.1, 0.15) is 17.8 Å². The lowest BCUT2D eigenvalue weighted by Gasteiger charge is -2.26. The normalized spacial score (nSPS) is 14.8. The van der Waals surface area contributed by atoms with E-state index in [-0.39, 0.29) is 0 Å². The molecular formula is C17H23ClN6O2. The zero-order chi connectivity index (χ0) is 18.4. The second-order valence-corrected chi connectivity index (χ2v) is 6.27. The SMILES string of the molecule is COc1ccc(Cl)cc1Nc1ncnc(NCCN2CCOCC2)c1N. The van der Waals surface area contributed by atoms with Gasteiger partial charge >= 0.3 is 0 Å². The summed E-state index contributed by atoms with van der Waals surface area (Å²) in [7, 11) is 1.59. The molecule has 2 aromatic rings. The Morgan fingerprint density at radius 3 is 2.81 bits per heavy atom. The van der Waals surface area contributed by atoms with Gasteiger partial charge in [0.2, 0.25) is 0 Å². The number of ether oxygens (including phenoxy) is 2. The van der Waals surface area contributed by atoms with Gasteiger partial charge in [0, 0.05) is 31.2 Å². The van der Waals surface area contributed by atoms with E-state index in [2.05, 4.69) is 25.5 Å². The number of methoxy groups -OCH3 is 1. The van der Waals surface area contributed by atoms with Crippen LogP contribution in [-0.2, 0) is 4.74 Å². The average Bonchev–Trinajstić information content (AvgIpc) is 2.66. The Balaban J connectivity index is 1.66. The van der Waals surface area contributed by atoms with E-state index in [0.717, 1.165) is 39.4 Å². The van der Waals surface area contributed by atoms with E-state index in [9.17, 15) is 0 Å². The van der Waals surface area contributed by atoms with Gasteiger partial charge in [-0.15, -0.1) is 0 Å². The molecule has 0 aliphatic carbocycles. The summed E-state index contributed by atoms with van der Waals surface area (Å²) in [6, 6.07) is 5.30. The lowest BCUT2D eigenvalue weighted by molar-refractivity contribution is 0.0398. The van der Waals surface area contributed by atoms with Crippen LogP contribution in [0.2, 0.25) is 5.02 Å². The van der Waals surface area contributed by atoms with Crippen molar-refractivity contribution in [2.24, 2.45) is 0 Å². The van der Waals surface area contributed by atoms with E-state index in [1.165, 1.54) is 6.33 Å². The van der Waals surface area contributed by atoms with Crippen molar-refractivity contribution in [3.05, 3.63) is 29.5 Å². The lowest BCUT2D eigenvalue weighted by Crippen LogP contribution is -2.39. The number of aromatic nitrogens is 2. The smallest absolute Gasteiger partial charge is 0.159 e. The first-order valence-electron chi connectivity index (χ1n) is 8.42. The third-order valence-electron chi connectivity index (χ3n) is 4.12. The molecule has 140 valence electrons. The fraction of sp³-hybridized carbons (Fsp3) is 0.412. The fourth-order valence-electron chi connectivity index (χ4n) is 2.70. The standard InChI is InChI=1S/C17H23ClN6O2/c1-25-14-3-2-12(18)10-13(14)23-17-15(19)16(21-11-22-17)20-4-5-24-6-8-26-9-7-24/h2-3,10-11H,4-9,19H2,1H3,(H2,20,21,22,23). The molecule has 0 spiro atoms. The Labute approximate surface area is 157 Å². The van der Waals surface area contributed by atoms with Gasteiger partial charge in [-0.05, 0) is 18.2 Å². The van der Waals surface area contributed by atoms with Crippen LogP contribution in [0, 0.1) is 0 Å². The predicted octanol–water partition coefficient (Wildman–Crippen LogP) is 2.21. The van der Waals surface area contributed by atoms with Crippen LogP contribution in [0.3, 0.4) is 0 Å². The van der Waals surface area contributed by atoms with E-state index in [1.54, 1.807) is 25.3 Å². The highest BCUT2D eigenvalue weighted by molar-refractivity contribution is 6.31. The fourth-order valence-corrected chi connectivity index (χ4v) is 2.87. The molecule has 1 aromatic heterocycles. The first kappa shape index (κ1) is 18.5. The molecule has 0 atom stereocenters. The number of nitrogens with zero attached hydrogens (tertiary/aromatic N) is 3. The van der Waals surface area contributed by atoms with Crippen LogP contribution in [0.4, 0.5) is 23.0 Å². The monoisotopic (exact) mass is 378 g/mol. The van der Waals surface area contributed by atoms with Crippen molar-refractivity contribution in [2.45, 2.75) is 0 Å². The van der Waals surface area contributed by atoms with Gasteiger partial charge in [0.15, 0.2) is 11.6 Å². The van der Waals surface area contributed by atoms with Gasteiger partial charge in [-0.25, -0.2) is 9.97 Å². The summed E-state index contributed by atoms with van der Waals surface area (Å²) in [5.41, 5.74) is 7.35. The molecule has 26 heavy (non-hydrogen) atoms. The molecule has 4 N–H and O–H groups in total. The van der Waals surface area contributed by atoms with Gasteiger partial charge in [-0.2, -0.15) is 0 Å². The molecule has 0 radical (unpaired) electrons. The summed E-state index contributed by atoms with van der Waals surface area (Å²) in [4.78, 5) is 10.8. The lowest BCUT2D eigenvalue weighted by atomic mass is 10.3. The Hall–Kier alpha value is -2.29. The minimum atomic E-state index is 0.441. The minimum absolute atomic E-state index is 0.441. The first-order valence-corrected chi connectivity index (χ1v) is 8.80. The van der Waals surface area contributed by atoms with Crippen molar-refractivity contribution in [3.8, 4) is 5.75 Å².